The summed E-state index contributed by atoms with van der Waals surface area (Å²) in [7, 11) is 0. The molecular weight excluding hydrogens is 184 g/mol. The van der Waals surface area contributed by atoms with Crippen molar-refractivity contribution in [3.8, 4) is 0 Å². The average molecular weight is 210 g/mol. The minimum Gasteiger partial charge on any atom is -0.316 e. The molecule has 0 saturated carbocycles. The lowest BCUT2D eigenvalue weighted by Gasteiger charge is -2.33. The van der Waals surface area contributed by atoms with Gasteiger partial charge in [0.2, 0.25) is 0 Å². The van der Waals surface area contributed by atoms with Crippen LogP contribution in [-0.4, -0.2) is 37.6 Å². The number of likely N-dealkylation sites (tertiary alicyclic amines) is 1. The molecule has 0 aromatic carbocycles. The molecule has 2 fully saturated rings. The van der Waals surface area contributed by atoms with Crippen LogP contribution in [0.2, 0.25) is 0 Å². The summed E-state index contributed by atoms with van der Waals surface area (Å²) < 4.78 is 0. The van der Waals surface area contributed by atoms with Gasteiger partial charge in [-0.2, -0.15) is 0 Å². The van der Waals surface area contributed by atoms with Gasteiger partial charge in [0.15, 0.2) is 0 Å². The second-order valence-corrected chi connectivity index (χ2v) is 5.57. The summed E-state index contributed by atoms with van der Waals surface area (Å²) in [5.74, 6) is 1.84. The van der Waals surface area contributed by atoms with Gasteiger partial charge in [-0.3, -0.25) is 0 Å². The quantitative estimate of drug-likeness (QED) is 0.751. The van der Waals surface area contributed by atoms with E-state index in [0.717, 1.165) is 11.8 Å². The maximum absolute atomic E-state index is 3.57. The van der Waals surface area contributed by atoms with E-state index in [4.69, 9.17) is 0 Å². The van der Waals surface area contributed by atoms with Crippen LogP contribution >= 0.6 is 0 Å². The van der Waals surface area contributed by atoms with Gasteiger partial charge in [-0.15, -0.1) is 0 Å². The van der Waals surface area contributed by atoms with E-state index in [-0.39, 0.29) is 0 Å². The first-order valence-corrected chi connectivity index (χ1v) is 6.77. The Morgan fingerprint density at radius 3 is 3.00 bits per heavy atom. The fraction of sp³-hybridized carbons (Fsp3) is 1.00. The predicted molar refractivity (Wildman–Crippen MR) is 65.0 cm³/mol. The molecule has 2 rings (SSSR count). The van der Waals surface area contributed by atoms with Crippen molar-refractivity contribution in [3.63, 3.8) is 0 Å². The Morgan fingerprint density at radius 1 is 1.20 bits per heavy atom. The van der Waals surface area contributed by atoms with Gasteiger partial charge >= 0.3 is 0 Å². The van der Waals surface area contributed by atoms with Crippen molar-refractivity contribution in [2.75, 3.05) is 32.7 Å². The van der Waals surface area contributed by atoms with Gasteiger partial charge in [0, 0.05) is 13.1 Å². The highest BCUT2D eigenvalue weighted by molar-refractivity contribution is 4.75. The predicted octanol–water partition coefficient (Wildman–Crippen LogP) is 2.11. The van der Waals surface area contributed by atoms with Crippen molar-refractivity contribution in [1.82, 2.24) is 10.2 Å². The van der Waals surface area contributed by atoms with Gasteiger partial charge in [0.1, 0.15) is 0 Å². The molecule has 2 aliphatic rings. The van der Waals surface area contributed by atoms with Gasteiger partial charge in [-0.05, 0) is 57.2 Å². The molecule has 88 valence electrons. The molecule has 2 atom stereocenters. The molecule has 2 heteroatoms. The Hall–Kier alpha value is -0.0800. The fourth-order valence-electron chi connectivity index (χ4n) is 3.06. The van der Waals surface area contributed by atoms with Crippen LogP contribution in [0.5, 0.6) is 0 Å². The summed E-state index contributed by atoms with van der Waals surface area (Å²) in [6.07, 6.45) is 7.12. The van der Waals surface area contributed by atoms with E-state index in [1.165, 1.54) is 64.8 Å². The number of hydrogen-bond acceptors (Lipinski definition) is 2. The molecule has 15 heavy (non-hydrogen) atoms. The van der Waals surface area contributed by atoms with E-state index in [0.29, 0.717) is 0 Å². The van der Waals surface area contributed by atoms with Crippen LogP contribution in [0.25, 0.3) is 0 Å². The summed E-state index contributed by atoms with van der Waals surface area (Å²) >= 11 is 0. The minimum absolute atomic E-state index is 0.915. The molecule has 1 N–H and O–H groups in total. The van der Waals surface area contributed by atoms with E-state index >= 15 is 0 Å². The maximum Gasteiger partial charge on any atom is 0.00219 e. The number of hydrogen-bond donors (Lipinski definition) is 1. The lowest BCUT2D eigenvalue weighted by Crippen LogP contribution is -2.39. The Bertz CT molecular complexity index is 173. The Kier molecular flexibility index (Phi) is 4.45. The van der Waals surface area contributed by atoms with Gasteiger partial charge in [-0.1, -0.05) is 13.3 Å². The third-order valence-electron chi connectivity index (χ3n) is 3.91. The van der Waals surface area contributed by atoms with Crippen LogP contribution in [-0.2, 0) is 0 Å². The van der Waals surface area contributed by atoms with E-state index in [1.54, 1.807) is 0 Å². The van der Waals surface area contributed by atoms with Crippen molar-refractivity contribution >= 4 is 0 Å². The molecule has 0 aromatic heterocycles. The lowest BCUT2D eigenvalue weighted by atomic mass is 9.97. The molecule has 0 amide bonds. The van der Waals surface area contributed by atoms with E-state index in [1.807, 2.05) is 0 Å². The van der Waals surface area contributed by atoms with Crippen molar-refractivity contribution in [2.24, 2.45) is 11.8 Å². The Labute approximate surface area is 94.4 Å². The van der Waals surface area contributed by atoms with Crippen molar-refractivity contribution in [3.05, 3.63) is 0 Å². The fourth-order valence-corrected chi connectivity index (χ4v) is 3.06. The second-order valence-electron chi connectivity index (χ2n) is 5.57. The molecular formula is C13H26N2. The topological polar surface area (TPSA) is 15.3 Å². The summed E-state index contributed by atoms with van der Waals surface area (Å²) in [4.78, 5) is 2.70. The Morgan fingerprint density at radius 2 is 2.13 bits per heavy atom. The van der Waals surface area contributed by atoms with Crippen LogP contribution in [0.4, 0.5) is 0 Å². The molecule has 2 saturated heterocycles. The highest BCUT2D eigenvalue weighted by Crippen LogP contribution is 2.19. The molecule has 2 heterocycles. The molecule has 0 bridgehead atoms. The molecule has 2 nitrogen and oxygen atoms in total. The summed E-state index contributed by atoms with van der Waals surface area (Å²) in [5, 5.41) is 3.57. The first-order valence-electron chi connectivity index (χ1n) is 6.77. The third kappa shape index (κ3) is 3.76. The SMILES string of the molecule is CC1CCCN(CC2CCCCNC2)C1. The normalized spacial score (nSPS) is 35.0. The zero-order chi connectivity index (χ0) is 10.5. The summed E-state index contributed by atoms with van der Waals surface area (Å²) in [5.41, 5.74) is 0. The number of rotatable bonds is 2. The van der Waals surface area contributed by atoms with Crippen LogP contribution in [0.1, 0.15) is 39.0 Å². The molecule has 2 aliphatic heterocycles. The van der Waals surface area contributed by atoms with Crippen molar-refractivity contribution in [1.29, 1.82) is 0 Å². The van der Waals surface area contributed by atoms with Gasteiger partial charge < -0.3 is 10.2 Å². The van der Waals surface area contributed by atoms with Crippen LogP contribution in [0.3, 0.4) is 0 Å². The highest BCUT2D eigenvalue weighted by Gasteiger charge is 2.20. The zero-order valence-corrected chi connectivity index (χ0v) is 10.2. The Balaban J connectivity index is 1.74. The summed E-state index contributed by atoms with van der Waals surface area (Å²) in [6, 6.07) is 0. The van der Waals surface area contributed by atoms with Gasteiger partial charge in [0.25, 0.3) is 0 Å². The lowest BCUT2D eigenvalue weighted by molar-refractivity contribution is 0.156. The van der Waals surface area contributed by atoms with Crippen LogP contribution in [0, 0.1) is 11.8 Å². The summed E-state index contributed by atoms with van der Waals surface area (Å²) in [6.45, 7) is 8.93. The second kappa shape index (κ2) is 5.86. The van der Waals surface area contributed by atoms with Crippen molar-refractivity contribution < 1.29 is 0 Å². The average Bonchev–Trinajstić information content (AvgIpc) is 2.46. The van der Waals surface area contributed by atoms with E-state index in [2.05, 4.69) is 17.1 Å². The van der Waals surface area contributed by atoms with Crippen molar-refractivity contribution in [2.45, 2.75) is 39.0 Å². The monoisotopic (exact) mass is 210 g/mol. The molecule has 0 aliphatic carbocycles. The standard InChI is InChI=1S/C13H26N2/c1-12-5-4-8-15(10-12)11-13-6-2-3-7-14-9-13/h12-14H,2-11H2,1H3. The zero-order valence-electron chi connectivity index (χ0n) is 10.2. The highest BCUT2D eigenvalue weighted by atomic mass is 15.1. The van der Waals surface area contributed by atoms with Crippen LogP contribution in [0.15, 0.2) is 0 Å². The number of piperidine rings is 1. The molecule has 0 radical (unpaired) electrons. The number of nitrogens with zero attached hydrogens (tertiary/aromatic N) is 1. The molecule has 2 unspecified atom stereocenters. The first kappa shape index (κ1) is 11.4. The van der Waals surface area contributed by atoms with Crippen LogP contribution < -0.4 is 5.32 Å². The maximum atomic E-state index is 3.57. The molecule has 0 aromatic rings. The minimum atomic E-state index is 0.915. The smallest absolute Gasteiger partial charge is 0.00219 e. The third-order valence-corrected chi connectivity index (χ3v) is 3.91. The van der Waals surface area contributed by atoms with Gasteiger partial charge in [0.05, 0.1) is 0 Å². The molecule has 0 spiro atoms. The first-order chi connectivity index (χ1) is 7.34. The van der Waals surface area contributed by atoms with Gasteiger partial charge in [-0.25, -0.2) is 0 Å². The van der Waals surface area contributed by atoms with E-state index < -0.39 is 0 Å². The van der Waals surface area contributed by atoms with E-state index in [9.17, 15) is 0 Å². The largest absolute Gasteiger partial charge is 0.316 e. The number of nitrogens with one attached hydrogen (secondary N) is 1.